The van der Waals surface area contributed by atoms with Crippen LogP contribution in [0, 0.1) is 11.7 Å². The lowest BCUT2D eigenvalue weighted by atomic mass is 10.2. The van der Waals surface area contributed by atoms with E-state index in [4.69, 9.17) is 28.9 Å². The van der Waals surface area contributed by atoms with Crippen molar-refractivity contribution in [1.82, 2.24) is 24.2 Å². The number of hydrogen-bond donors (Lipinski definition) is 0. The van der Waals surface area contributed by atoms with Crippen LogP contribution < -0.4 is 0 Å². The van der Waals surface area contributed by atoms with E-state index in [0.717, 1.165) is 33.2 Å². The van der Waals surface area contributed by atoms with E-state index in [2.05, 4.69) is 28.9 Å². The molecule has 2 aromatic carbocycles. The second-order valence-electron chi connectivity index (χ2n) is 7.22. The normalized spacial score (nSPS) is 11.2. The molecule has 0 saturated carbocycles. The Kier molecular flexibility index (Phi) is 6.08. The summed E-state index contributed by atoms with van der Waals surface area (Å²) in [6.07, 6.45) is 3.56. The van der Waals surface area contributed by atoms with Gasteiger partial charge in [0, 0.05) is 29.5 Å². The number of aryl methyl sites for hydroxylation is 1. The zero-order valence-corrected chi connectivity index (χ0v) is 18.4. The van der Waals surface area contributed by atoms with Gasteiger partial charge in [0.25, 0.3) is 0 Å². The van der Waals surface area contributed by atoms with E-state index in [1.165, 1.54) is 0 Å². The summed E-state index contributed by atoms with van der Waals surface area (Å²) < 4.78 is 4.50. The van der Waals surface area contributed by atoms with E-state index < -0.39 is 0 Å². The summed E-state index contributed by atoms with van der Waals surface area (Å²) in [5.74, 6) is 0.772. The molecule has 30 heavy (non-hydrogen) atoms. The van der Waals surface area contributed by atoms with Crippen molar-refractivity contribution in [1.29, 1.82) is 0 Å². The number of para-hydroxylation sites is 1. The maximum absolute atomic E-state index is 6.33. The molecule has 4 rings (SSSR count). The third-order valence-corrected chi connectivity index (χ3v) is 5.65. The molecule has 0 aliphatic heterocycles. The number of rotatable bonds is 6. The van der Waals surface area contributed by atoms with E-state index in [9.17, 15) is 0 Å². The van der Waals surface area contributed by atoms with Gasteiger partial charge in [0.1, 0.15) is 0 Å². The Labute approximate surface area is 186 Å². The zero-order chi connectivity index (χ0) is 21.1. The van der Waals surface area contributed by atoms with Gasteiger partial charge in [0.2, 0.25) is 4.77 Å². The van der Waals surface area contributed by atoms with Crippen LogP contribution in [-0.2, 0) is 13.2 Å². The second kappa shape index (κ2) is 8.92. The first-order valence-corrected chi connectivity index (χ1v) is 10.4. The summed E-state index contributed by atoms with van der Waals surface area (Å²) in [7, 11) is 2.03. The SMILES string of the molecule is Cc1ccccc1-n1c(-c2cccnc2)nn(CN(C)Cc2ccccc2Cl)c1=S. The highest BCUT2D eigenvalue weighted by molar-refractivity contribution is 7.71. The predicted octanol–water partition coefficient (Wildman–Crippen LogP) is 5.52. The van der Waals surface area contributed by atoms with Crippen LogP contribution in [0.15, 0.2) is 73.1 Å². The van der Waals surface area contributed by atoms with Crippen molar-refractivity contribution in [2.45, 2.75) is 20.1 Å². The highest BCUT2D eigenvalue weighted by Gasteiger charge is 2.17. The predicted molar refractivity (Wildman–Crippen MR) is 123 cm³/mol. The third kappa shape index (κ3) is 4.21. The Morgan fingerprint density at radius 2 is 1.80 bits per heavy atom. The molecular formula is C23H22ClN5S. The van der Waals surface area contributed by atoms with E-state index in [1.54, 1.807) is 6.20 Å². The van der Waals surface area contributed by atoms with Crippen LogP contribution in [0.25, 0.3) is 17.1 Å². The Bertz CT molecular complexity index is 1220. The second-order valence-corrected chi connectivity index (χ2v) is 7.99. The fraction of sp³-hybridized carbons (Fsp3) is 0.174. The van der Waals surface area contributed by atoms with Crippen LogP contribution in [0.3, 0.4) is 0 Å². The molecule has 0 fully saturated rings. The molecular weight excluding hydrogens is 414 g/mol. The van der Waals surface area contributed by atoms with Gasteiger partial charge in [0.15, 0.2) is 5.82 Å². The lowest BCUT2D eigenvalue weighted by Crippen LogP contribution is -2.22. The van der Waals surface area contributed by atoms with Crippen LogP contribution in [0.5, 0.6) is 0 Å². The summed E-state index contributed by atoms with van der Waals surface area (Å²) in [4.78, 5) is 6.40. The minimum Gasteiger partial charge on any atom is -0.283 e. The quantitative estimate of drug-likeness (QED) is 0.374. The van der Waals surface area contributed by atoms with Crippen molar-refractivity contribution in [2.75, 3.05) is 7.05 Å². The van der Waals surface area contributed by atoms with Gasteiger partial charge in [0.05, 0.1) is 12.4 Å². The van der Waals surface area contributed by atoms with Crippen LogP contribution in [0.2, 0.25) is 5.02 Å². The Hall–Kier alpha value is -2.80. The lowest BCUT2D eigenvalue weighted by molar-refractivity contribution is 0.244. The van der Waals surface area contributed by atoms with Crippen LogP contribution >= 0.6 is 23.8 Å². The van der Waals surface area contributed by atoms with Gasteiger partial charge < -0.3 is 0 Å². The molecule has 0 aliphatic rings. The monoisotopic (exact) mass is 435 g/mol. The van der Waals surface area contributed by atoms with Gasteiger partial charge in [-0.3, -0.25) is 14.5 Å². The summed E-state index contributed by atoms with van der Waals surface area (Å²) in [6.45, 7) is 3.31. The molecule has 0 atom stereocenters. The molecule has 0 spiro atoms. The molecule has 0 aliphatic carbocycles. The highest BCUT2D eigenvalue weighted by atomic mass is 35.5. The standard InChI is InChI=1S/C23H22ClN5S/c1-17-8-3-6-12-21(17)29-22(18-10-7-13-25-14-18)26-28(23(29)30)16-27(2)15-19-9-4-5-11-20(19)24/h3-14H,15-16H2,1-2H3. The summed E-state index contributed by atoms with van der Waals surface area (Å²) in [5, 5.41) is 5.62. The minimum atomic E-state index is 0.538. The van der Waals surface area contributed by atoms with Gasteiger partial charge in [-0.1, -0.05) is 48.0 Å². The van der Waals surface area contributed by atoms with Crippen LogP contribution in [-0.4, -0.2) is 31.3 Å². The van der Waals surface area contributed by atoms with E-state index in [0.29, 0.717) is 18.0 Å². The van der Waals surface area contributed by atoms with Gasteiger partial charge in [-0.2, -0.15) is 0 Å². The number of nitrogens with zero attached hydrogens (tertiary/aromatic N) is 5. The molecule has 0 radical (unpaired) electrons. The smallest absolute Gasteiger partial charge is 0.204 e. The summed E-state index contributed by atoms with van der Waals surface area (Å²) in [6, 6.07) is 19.9. The number of pyridine rings is 1. The topological polar surface area (TPSA) is 38.9 Å². The van der Waals surface area contributed by atoms with E-state index in [1.807, 2.05) is 71.0 Å². The largest absolute Gasteiger partial charge is 0.283 e. The number of halogens is 1. The maximum atomic E-state index is 6.33. The lowest BCUT2D eigenvalue weighted by Gasteiger charge is -2.17. The van der Waals surface area contributed by atoms with Crippen LogP contribution in [0.1, 0.15) is 11.1 Å². The summed E-state index contributed by atoms with van der Waals surface area (Å²) >= 11 is 12.2. The Morgan fingerprint density at radius 1 is 1.03 bits per heavy atom. The van der Waals surface area contributed by atoms with Crippen molar-refractivity contribution in [3.8, 4) is 17.1 Å². The Balaban J connectivity index is 1.74. The average molecular weight is 436 g/mol. The molecule has 0 saturated heterocycles. The van der Waals surface area contributed by atoms with Crippen molar-refractivity contribution in [3.63, 3.8) is 0 Å². The molecule has 0 bridgehead atoms. The van der Waals surface area contributed by atoms with E-state index in [-0.39, 0.29) is 0 Å². The maximum Gasteiger partial charge on any atom is 0.204 e. The number of aromatic nitrogens is 4. The molecule has 7 heteroatoms. The van der Waals surface area contributed by atoms with Crippen molar-refractivity contribution in [3.05, 3.63) is 94.0 Å². The van der Waals surface area contributed by atoms with Crippen molar-refractivity contribution < 1.29 is 0 Å². The highest BCUT2D eigenvalue weighted by Crippen LogP contribution is 2.24. The molecule has 4 aromatic rings. The van der Waals surface area contributed by atoms with Gasteiger partial charge >= 0.3 is 0 Å². The zero-order valence-electron chi connectivity index (χ0n) is 16.9. The molecule has 2 heterocycles. The first-order valence-electron chi connectivity index (χ1n) is 9.63. The fourth-order valence-corrected chi connectivity index (χ4v) is 3.89. The van der Waals surface area contributed by atoms with Gasteiger partial charge in [-0.05, 0) is 61.6 Å². The first kappa shape index (κ1) is 20.5. The van der Waals surface area contributed by atoms with Gasteiger partial charge in [-0.25, -0.2) is 4.68 Å². The fourth-order valence-electron chi connectivity index (χ4n) is 3.41. The minimum absolute atomic E-state index is 0.538. The third-order valence-electron chi connectivity index (χ3n) is 4.89. The molecule has 0 N–H and O–H groups in total. The molecule has 152 valence electrons. The molecule has 5 nitrogen and oxygen atoms in total. The molecule has 2 aromatic heterocycles. The van der Waals surface area contributed by atoms with Crippen molar-refractivity contribution in [2.24, 2.45) is 0 Å². The van der Waals surface area contributed by atoms with Crippen molar-refractivity contribution >= 4 is 23.8 Å². The Morgan fingerprint density at radius 3 is 2.53 bits per heavy atom. The summed E-state index contributed by atoms with van der Waals surface area (Å²) in [5.41, 5.74) is 4.13. The first-order chi connectivity index (χ1) is 14.5. The number of hydrogen-bond acceptors (Lipinski definition) is 4. The number of benzene rings is 2. The van der Waals surface area contributed by atoms with Crippen LogP contribution in [0.4, 0.5) is 0 Å². The average Bonchev–Trinajstić information content (AvgIpc) is 3.07. The molecule has 0 unspecified atom stereocenters. The molecule has 0 amide bonds. The van der Waals surface area contributed by atoms with E-state index >= 15 is 0 Å². The van der Waals surface area contributed by atoms with Gasteiger partial charge in [-0.15, -0.1) is 5.10 Å².